The van der Waals surface area contributed by atoms with Crippen LogP contribution in [0.1, 0.15) is 12.5 Å². The topological polar surface area (TPSA) is 24.5 Å². The summed E-state index contributed by atoms with van der Waals surface area (Å²) in [4.78, 5) is 0. The molecule has 15 heavy (non-hydrogen) atoms. The van der Waals surface area contributed by atoms with E-state index in [4.69, 9.17) is 4.74 Å². The van der Waals surface area contributed by atoms with Gasteiger partial charge in [-0.25, -0.2) is 0 Å². The molecule has 0 aliphatic carbocycles. The van der Waals surface area contributed by atoms with Crippen LogP contribution in [0.3, 0.4) is 0 Å². The molecule has 1 aromatic rings. The van der Waals surface area contributed by atoms with Gasteiger partial charge in [-0.15, -0.1) is 0 Å². The molecule has 0 aromatic heterocycles. The first-order valence-electron chi connectivity index (χ1n) is 5.18. The minimum atomic E-state index is 0.438. The van der Waals surface area contributed by atoms with Gasteiger partial charge in [0.1, 0.15) is 5.75 Å². The van der Waals surface area contributed by atoms with Crippen LogP contribution in [0.5, 0.6) is 5.75 Å². The Hall–Kier alpha value is -1.06. The zero-order valence-electron chi connectivity index (χ0n) is 9.95. The van der Waals surface area contributed by atoms with E-state index in [9.17, 15) is 0 Å². The van der Waals surface area contributed by atoms with Crippen molar-refractivity contribution in [1.29, 1.82) is 0 Å². The standard InChI is InChI=1S/C12H20N2O/c1-10(13-14(2)3)9-11-5-7-12(15-4)8-6-11/h5-8,10,13H,9H2,1-4H3. The van der Waals surface area contributed by atoms with Crippen LogP contribution in [0.2, 0.25) is 0 Å². The molecule has 0 aliphatic heterocycles. The van der Waals surface area contributed by atoms with Crippen molar-refractivity contribution >= 4 is 0 Å². The Morgan fingerprint density at radius 1 is 1.27 bits per heavy atom. The van der Waals surface area contributed by atoms with Gasteiger partial charge in [0.05, 0.1) is 7.11 Å². The molecular formula is C12H20N2O. The van der Waals surface area contributed by atoms with Crippen LogP contribution >= 0.6 is 0 Å². The highest BCUT2D eigenvalue weighted by molar-refractivity contribution is 5.27. The Balaban J connectivity index is 2.49. The molecule has 0 bridgehead atoms. The molecule has 84 valence electrons. The van der Waals surface area contributed by atoms with Crippen LogP contribution in [-0.4, -0.2) is 32.3 Å². The number of ether oxygens (including phenoxy) is 1. The van der Waals surface area contributed by atoms with Gasteiger partial charge in [-0.2, -0.15) is 0 Å². The second kappa shape index (κ2) is 5.73. The van der Waals surface area contributed by atoms with Crippen LogP contribution in [0.15, 0.2) is 24.3 Å². The first kappa shape index (κ1) is 12.0. The molecule has 1 aromatic carbocycles. The molecule has 0 spiro atoms. The van der Waals surface area contributed by atoms with Crippen molar-refractivity contribution in [1.82, 2.24) is 10.4 Å². The van der Waals surface area contributed by atoms with Gasteiger partial charge in [-0.3, -0.25) is 10.4 Å². The summed E-state index contributed by atoms with van der Waals surface area (Å²) in [5.74, 6) is 0.909. The van der Waals surface area contributed by atoms with E-state index in [-0.39, 0.29) is 0 Å². The summed E-state index contributed by atoms with van der Waals surface area (Å²) >= 11 is 0. The Labute approximate surface area is 92.0 Å². The molecule has 3 nitrogen and oxygen atoms in total. The van der Waals surface area contributed by atoms with Gasteiger partial charge in [-0.05, 0) is 31.0 Å². The van der Waals surface area contributed by atoms with E-state index in [1.807, 2.05) is 31.2 Å². The number of benzene rings is 1. The lowest BCUT2D eigenvalue weighted by molar-refractivity contribution is 0.249. The monoisotopic (exact) mass is 208 g/mol. The Morgan fingerprint density at radius 3 is 2.33 bits per heavy atom. The minimum absolute atomic E-state index is 0.438. The van der Waals surface area contributed by atoms with Crippen molar-refractivity contribution in [2.24, 2.45) is 0 Å². The highest BCUT2D eigenvalue weighted by atomic mass is 16.5. The molecule has 0 heterocycles. The molecule has 1 rings (SSSR count). The van der Waals surface area contributed by atoms with Gasteiger partial charge in [0.2, 0.25) is 0 Å². The second-order valence-electron chi connectivity index (χ2n) is 3.98. The molecule has 0 aliphatic rings. The summed E-state index contributed by atoms with van der Waals surface area (Å²) < 4.78 is 5.11. The lowest BCUT2D eigenvalue weighted by Gasteiger charge is -2.19. The highest BCUT2D eigenvalue weighted by Crippen LogP contribution is 2.12. The summed E-state index contributed by atoms with van der Waals surface area (Å²) in [7, 11) is 5.69. The number of methoxy groups -OCH3 is 1. The molecule has 1 unspecified atom stereocenters. The maximum absolute atomic E-state index is 5.11. The van der Waals surface area contributed by atoms with Crippen LogP contribution in [0.4, 0.5) is 0 Å². The van der Waals surface area contributed by atoms with Crippen molar-refractivity contribution in [3.05, 3.63) is 29.8 Å². The third-order valence-electron chi connectivity index (χ3n) is 2.18. The largest absolute Gasteiger partial charge is 0.497 e. The first-order valence-corrected chi connectivity index (χ1v) is 5.18. The van der Waals surface area contributed by atoms with Crippen molar-refractivity contribution in [2.45, 2.75) is 19.4 Å². The molecule has 0 amide bonds. The Bertz CT molecular complexity index is 282. The smallest absolute Gasteiger partial charge is 0.118 e. The number of hydrogen-bond donors (Lipinski definition) is 1. The molecule has 0 fully saturated rings. The van der Waals surface area contributed by atoms with E-state index in [0.29, 0.717) is 6.04 Å². The lowest BCUT2D eigenvalue weighted by atomic mass is 10.1. The van der Waals surface area contributed by atoms with Crippen molar-refractivity contribution in [2.75, 3.05) is 21.2 Å². The number of rotatable bonds is 5. The number of nitrogens with zero attached hydrogens (tertiary/aromatic N) is 1. The zero-order chi connectivity index (χ0) is 11.3. The van der Waals surface area contributed by atoms with Crippen molar-refractivity contribution in [3.63, 3.8) is 0 Å². The normalized spacial score (nSPS) is 12.9. The third-order valence-corrected chi connectivity index (χ3v) is 2.18. The zero-order valence-corrected chi connectivity index (χ0v) is 9.95. The van der Waals surface area contributed by atoms with Crippen LogP contribution in [0, 0.1) is 0 Å². The predicted octanol–water partition coefficient (Wildman–Crippen LogP) is 1.69. The Kier molecular flexibility index (Phi) is 4.59. The SMILES string of the molecule is COc1ccc(CC(C)NN(C)C)cc1. The molecule has 1 N–H and O–H groups in total. The maximum atomic E-state index is 5.11. The van der Waals surface area contributed by atoms with E-state index in [0.717, 1.165) is 12.2 Å². The van der Waals surface area contributed by atoms with E-state index in [1.54, 1.807) is 7.11 Å². The van der Waals surface area contributed by atoms with Crippen LogP contribution in [0.25, 0.3) is 0 Å². The van der Waals surface area contributed by atoms with Crippen LogP contribution < -0.4 is 10.2 Å². The number of hydrogen-bond acceptors (Lipinski definition) is 3. The summed E-state index contributed by atoms with van der Waals surface area (Å²) in [6.45, 7) is 2.17. The highest BCUT2D eigenvalue weighted by Gasteiger charge is 2.03. The number of nitrogens with one attached hydrogen (secondary N) is 1. The van der Waals surface area contributed by atoms with E-state index < -0.39 is 0 Å². The minimum Gasteiger partial charge on any atom is -0.497 e. The summed E-state index contributed by atoms with van der Waals surface area (Å²) in [6.07, 6.45) is 1.02. The molecule has 3 heteroatoms. The predicted molar refractivity (Wildman–Crippen MR) is 63.0 cm³/mol. The van der Waals surface area contributed by atoms with Gasteiger partial charge >= 0.3 is 0 Å². The van der Waals surface area contributed by atoms with Crippen molar-refractivity contribution in [3.8, 4) is 5.75 Å². The van der Waals surface area contributed by atoms with Crippen LogP contribution in [-0.2, 0) is 6.42 Å². The first-order chi connectivity index (χ1) is 7.11. The molecule has 0 radical (unpaired) electrons. The molecule has 0 saturated carbocycles. The summed E-state index contributed by atoms with van der Waals surface area (Å²) in [5.41, 5.74) is 4.64. The Morgan fingerprint density at radius 2 is 1.87 bits per heavy atom. The molecule has 0 saturated heterocycles. The van der Waals surface area contributed by atoms with Gasteiger partial charge in [0, 0.05) is 20.1 Å². The van der Waals surface area contributed by atoms with Gasteiger partial charge < -0.3 is 4.74 Å². The second-order valence-corrected chi connectivity index (χ2v) is 3.98. The van der Waals surface area contributed by atoms with E-state index >= 15 is 0 Å². The van der Waals surface area contributed by atoms with Gasteiger partial charge in [0.15, 0.2) is 0 Å². The lowest BCUT2D eigenvalue weighted by Crippen LogP contribution is -2.39. The maximum Gasteiger partial charge on any atom is 0.118 e. The fourth-order valence-corrected chi connectivity index (χ4v) is 1.60. The fourth-order valence-electron chi connectivity index (χ4n) is 1.60. The quantitative estimate of drug-likeness (QED) is 0.745. The number of hydrazine groups is 1. The fraction of sp³-hybridized carbons (Fsp3) is 0.500. The van der Waals surface area contributed by atoms with E-state index in [2.05, 4.69) is 24.5 Å². The average Bonchev–Trinajstić information content (AvgIpc) is 2.17. The molecule has 1 atom stereocenters. The summed E-state index contributed by atoms with van der Waals surface area (Å²) in [6, 6.07) is 8.64. The van der Waals surface area contributed by atoms with Gasteiger partial charge in [0.25, 0.3) is 0 Å². The average molecular weight is 208 g/mol. The van der Waals surface area contributed by atoms with E-state index in [1.165, 1.54) is 5.56 Å². The summed E-state index contributed by atoms with van der Waals surface area (Å²) in [5, 5.41) is 1.98. The van der Waals surface area contributed by atoms with Gasteiger partial charge in [-0.1, -0.05) is 12.1 Å². The van der Waals surface area contributed by atoms with Crippen molar-refractivity contribution < 1.29 is 4.74 Å². The third kappa shape index (κ3) is 4.32. The molecular weight excluding hydrogens is 188 g/mol.